The van der Waals surface area contributed by atoms with Gasteiger partial charge in [0.2, 0.25) is 0 Å². The van der Waals surface area contributed by atoms with Crippen molar-refractivity contribution in [2.75, 3.05) is 0 Å². The normalized spacial score (nSPS) is 9.44. The van der Waals surface area contributed by atoms with Crippen LogP contribution in [0.25, 0.3) is 0 Å². The van der Waals surface area contributed by atoms with E-state index in [1.54, 1.807) is 12.1 Å². The van der Waals surface area contributed by atoms with Crippen LogP contribution in [0, 0.1) is 0 Å². The third-order valence-electron chi connectivity index (χ3n) is 3.11. The Morgan fingerprint density at radius 3 is 1.44 bits per heavy atom. The summed E-state index contributed by atoms with van der Waals surface area (Å²) in [6.07, 6.45) is 4.60. The number of halogens is 2. The van der Waals surface area contributed by atoms with E-state index in [1.165, 1.54) is 12.4 Å². The van der Waals surface area contributed by atoms with Crippen LogP contribution >= 0.6 is 31.9 Å². The number of carbonyl (C=O) groups is 2. The van der Waals surface area contributed by atoms with Gasteiger partial charge in [0.05, 0.1) is 8.95 Å². The molecule has 0 atom stereocenters. The second kappa shape index (κ2) is 11.4. The summed E-state index contributed by atoms with van der Waals surface area (Å²) in [6.45, 7) is 3.93. The molecule has 0 saturated carbocycles. The van der Waals surface area contributed by atoms with Gasteiger partial charge in [-0.15, -0.1) is 0 Å². The van der Waals surface area contributed by atoms with E-state index in [0.29, 0.717) is 8.95 Å². The molecule has 2 aromatic rings. The molecule has 2 aromatic heterocycles. The molecule has 0 aromatic carbocycles. The molecule has 0 unspecified atom stereocenters. The number of carboxylic acids is 2. The number of aryl methyl sites for hydroxylation is 2. The Bertz CT molecular complexity index is 693. The fourth-order valence-corrected chi connectivity index (χ4v) is 3.18. The second-order valence-electron chi connectivity index (χ2n) is 4.58. The molecule has 0 aliphatic heterocycles. The van der Waals surface area contributed by atoms with Crippen molar-refractivity contribution in [2.45, 2.75) is 26.7 Å². The van der Waals surface area contributed by atoms with Crippen molar-refractivity contribution in [3.63, 3.8) is 0 Å². The minimum atomic E-state index is -1.00. The van der Waals surface area contributed by atoms with E-state index >= 15 is 0 Å². The monoisotopic (exact) mass is 522 g/mol. The van der Waals surface area contributed by atoms with Crippen molar-refractivity contribution < 1.29 is 39.3 Å². The molecule has 0 fully saturated rings. The largest absolute Gasteiger partial charge is 0.476 e. The Balaban J connectivity index is 0.000000443. The van der Waals surface area contributed by atoms with Crippen LogP contribution in [-0.4, -0.2) is 32.1 Å². The van der Waals surface area contributed by atoms with Gasteiger partial charge in [0.1, 0.15) is 0 Å². The van der Waals surface area contributed by atoms with E-state index in [1.807, 2.05) is 13.8 Å². The van der Waals surface area contributed by atoms with Gasteiger partial charge in [0, 0.05) is 31.9 Å². The van der Waals surface area contributed by atoms with Crippen LogP contribution in [0.1, 0.15) is 46.0 Å². The maximum absolute atomic E-state index is 10.6. The van der Waals surface area contributed by atoms with E-state index in [2.05, 4.69) is 41.8 Å². The number of rotatable bonds is 4. The first-order valence-corrected chi connectivity index (χ1v) is 8.65. The summed E-state index contributed by atoms with van der Waals surface area (Å²) >= 11 is 6.40. The van der Waals surface area contributed by atoms with Crippen LogP contribution in [0.4, 0.5) is 0 Å². The van der Waals surface area contributed by atoms with E-state index in [4.69, 9.17) is 10.2 Å². The molecule has 0 aliphatic rings. The van der Waals surface area contributed by atoms with Gasteiger partial charge in [-0.2, -0.15) is 0 Å². The minimum absolute atomic E-state index is 0. The molecule has 0 radical (unpaired) electrons. The minimum Gasteiger partial charge on any atom is -0.476 e. The van der Waals surface area contributed by atoms with Crippen LogP contribution in [0.2, 0.25) is 0 Å². The predicted octanol–water partition coefficient (Wildman–Crippen LogP) is 4.21. The van der Waals surface area contributed by atoms with Gasteiger partial charge >= 0.3 is 11.9 Å². The quantitative estimate of drug-likeness (QED) is 0.581. The van der Waals surface area contributed by atoms with Gasteiger partial charge in [-0.05, 0) is 68.0 Å². The zero-order valence-electron chi connectivity index (χ0n) is 13.8. The molecule has 2 rings (SSSR count). The summed E-state index contributed by atoms with van der Waals surface area (Å²) in [6, 6.07) is 3.60. The summed E-state index contributed by atoms with van der Waals surface area (Å²) < 4.78 is 1.17. The van der Waals surface area contributed by atoms with Crippen molar-refractivity contribution in [1.82, 2.24) is 9.97 Å². The topological polar surface area (TPSA) is 100 Å². The van der Waals surface area contributed by atoms with Crippen LogP contribution in [0.5, 0.6) is 0 Å². The maximum Gasteiger partial charge on any atom is 0.355 e. The zero-order valence-corrected chi connectivity index (χ0v) is 19.9. The van der Waals surface area contributed by atoms with Crippen LogP contribution in [0.3, 0.4) is 0 Å². The Morgan fingerprint density at radius 2 is 1.20 bits per heavy atom. The molecule has 0 bridgehead atoms. The van der Waals surface area contributed by atoms with E-state index in [0.717, 1.165) is 24.0 Å². The number of hydrogen-bond acceptors (Lipinski definition) is 4. The molecule has 0 saturated heterocycles. The van der Waals surface area contributed by atoms with Crippen LogP contribution < -0.4 is 0 Å². The SMILES string of the molecule is CCc1ccnc(C(=O)O)c1Br.CCc1ccnc(C(=O)O)c1Br.[Zn]. The molecule has 6 nitrogen and oxygen atoms in total. The van der Waals surface area contributed by atoms with Gasteiger partial charge in [0.15, 0.2) is 11.4 Å². The Kier molecular flexibility index (Phi) is 10.9. The number of nitrogens with zero attached hydrogens (tertiary/aromatic N) is 2. The molecule has 2 N–H and O–H groups in total. The summed E-state index contributed by atoms with van der Waals surface area (Å²) in [5, 5.41) is 17.4. The summed E-state index contributed by atoms with van der Waals surface area (Å²) in [4.78, 5) is 28.7. The van der Waals surface area contributed by atoms with Crippen molar-refractivity contribution in [1.29, 1.82) is 0 Å². The Morgan fingerprint density at radius 1 is 0.880 bits per heavy atom. The zero-order chi connectivity index (χ0) is 18.3. The number of hydrogen-bond donors (Lipinski definition) is 2. The van der Waals surface area contributed by atoms with E-state index in [9.17, 15) is 9.59 Å². The van der Waals surface area contributed by atoms with Gasteiger partial charge in [-0.3, -0.25) is 0 Å². The Hall–Kier alpha value is -1.18. The van der Waals surface area contributed by atoms with Crippen LogP contribution in [0.15, 0.2) is 33.5 Å². The van der Waals surface area contributed by atoms with Gasteiger partial charge < -0.3 is 10.2 Å². The first-order valence-electron chi connectivity index (χ1n) is 7.06. The van der Waals surface area contributed by atoms with Crippen LogP contribution in [-0.2, 0) is 32.3 Å². The fraction of sp³-hybridized carbons (Fsp3) is 0.250. The summed E-state index contributed by atoms with van der Waals surface area (Å²) in [5.74, 6) is -2.01. The molecule has 25 heavy (non-hydrogen) atoms. The predicted molar refractivity (Wildman–Crippen MR) is 96.5 cm³/mol. The third-order valence-corrected chi connectivity index (χ3v) is 4.88. The summed E-state index contributed by atoms with van der Waals surface area (Å²) in [5.41, 5.74) is 2.08. The number of pyridine rings is 2. The van der Waals surface area contributed by atoms with Crippen molar-refractivity contribution in [3.05, 3.63) is 56.0 Å². The van der Waals surface area contributed by atoms with Gasteiger partial charge in [-0.1, -0.05) is 13.8 Å². The number of aromatic carboxylic acids is 2. The fourth-order valence-electron chi connectivity index (χ4n) is 1.81. The van der Waals surface area contributed by atoms with Crippen molar-refractivity contribution >= 4 is 43.8 Å². The molecule has 130 valence electrons. The molecule has 0 spiro atoms. The molecule has 2 heterocycles. The second-order valence-corrected chi connectivity index (χ2v) is 6.17. The third kappa shape index (κ3) is 6.57. The molecular formula is C16H16Br2N2O4Zn. The standard InChI is InChI=1S/2C8H8BrNO2.Zn/c2*1-2-5-3-4-10-7(6(5)9)8(11)12;/h2*3-4H,2H2,1H3,(H,11,12);. The molecular weight excluding hydrogens is 509 g/mol. The molecule has 0 aliphatic carbocycles. The van der Waals surface area contributed by atoms with Crippen molar-refractivity contribution in [2.24, 2.45) is 0 Å². The Labute approximate surface area is 175 Å². The smallest absolute Gasteiger partial charge is 0.355 e. The van der Waals surface area contributed by atoms with Crippen molar-refractivity contribution in [3.8, 4) is 0 Å². The number of aromatic nitrogens is 2. The van der Waals surface area contributed by atoms with Gasteiger partial charge in [0.25, 0.3) is 0 Å². The molecule has 9 heteroatoms. The molecule has 0 amide bonds. The maximum atomic E-state index is 10.6. The number of carboxylic acid groups (broad SMARTS) is 2. The van der Waals surface area contributed by atoms with Gasteiger partial charge in [-0.25, -0.2) is 19.6 Å². The average molecular weight is 526 g/mol. The average Bonchev–Trinajstić information content (AvgIpc) is 2.55. The first-order chi connectivity index (χ1) is 11.3. The summed E-state index contributed by atoms with van der Waals surface area (Å²) in [7, 11) is 0. The first kappa shape index (κ1) is 23.8. The van der Waals surface area contributed by atoms with E-state index < -0.39 is 11.9 Å². The van der Waals surface area contributed by atoms with E-state index in [-0.39, 0.29) is 30.9 Å².